The third-order valence-electron chi connectivity index (χ3n) is 1.98. The first-order valence-electron chi connectivity index (χ1n) is 4.78. The molecule has 5 heteroatoms. The Bertz CT molecular complexity index is 557. The number of carboxylic acid groups (broad SMARTS) is 1. The van der Waals surface area contributed by atoms with Crippen molar-refractivity contribution in [1.82, 2.24) is 4.98 Å². The number of hydrogen-bond donors (Lipinski definition) is 1. The van der Waals surface area contributed by atoms with Crippen LogP contribution in [0.4, 0.5) is 0 Å². The van der Waals surface area contributed by atoms with Gasteiger partial charge in [-0.05, 0) is 46.9 Å². The second-order valence-corrected chi connectivity index (χ2v) is 4.49. The standard InChI is InChI=1S/C12H8INO3/c13-8-2-1-3-9(6-8)17-10-4-5-14-11(7-10)12(15)16/h1-7H,(H,15,16). The smallest absolute Gasteiger partial charge is 0.354 e. The Hall–Kier alpha value is -1.63. The van der Waals surface area contributed by atoms with Crippen LogP contribution in [-0.4, -0.2) is 16.1 Å². The zero-order valence-electron chi connectivity index (χ0n) is 8.63. The van der Waals surface area contributed by atoms with Gasteiger partial charge in [-0.25, -0.2) is 9.78 Å². The molecule has 0 aliphatic carbocycles. The second kappa shape index (κ2) is 5.13. The van der Waals surface area contributed by atoms with Crippen LogP contribution in [0.5, 0.6) is 11.5 Å². The van der Waals surface area contributed by atoms with E-state index < -0.39 is 5.97 Å². The molecule has 0 aliphatic rings. The largest absolute Gasteiger partial charge is 0.477 e. The molecule has 2 aromatic rings. The van der Waals surface area contributed by atoms with Gasteiger partial charge in [0.1, 0.15) is 11.5 Å². The summed E-state index contributed by atoms with van der Waals surface area (Å²) in [6, 6.07) is 10.5. The van der Waals surface area contributed by atoms with Crippen molar-refractivity contribution in [2.45, 2.75) is 0 Å². The van der Waals surface area contributed by atoms with E-state index in [2.05, 4.69) is 27.6 Å². The molecule has 1 heterocycles. The normalized spacial score (nSPS) is 9.94. The van der Waals surface area contributed by atoms with Crippen LogP contribution in [0, 0.1) is 3.57 Å². The van der Waals surface area contributed by atoms with E-state index in [4.69, 9.17) is 9.84 Å². The number of carboxylic acids is 1. The summed E-state index contributed by atoms with van der Waals surface area (Å²) < 4.78 is 6.59. The van der Waals surface area contributed by atoms with E-state index in [9.17, 15) is 4.79 Å². The molecule has 4 nitrogen and oxygen atoms in total. The van der Waals surface area contributed by atoms with E-state index in [0.29, 0.717) is 11.5 Å². The number of nitrogens with zero attached hydrogens (tertiary/aromatic N) is 1. The molecule has 0 fully saturated rings. The van der Waals surface area contributed by atoms with Gasteiger partial charge in [0.2, 0.25) is 0 Å². The Morgan fingerprint density at radius 1 is 1.24 bits per heavy atom. The van der Waals surface area contributed by atoms with Crippen LogP contribution in [0.3, 0.4) is 0 Å². The van der Waals surface area contributed by atoms with Crippen molar-refractivity contribution in [1.29, 1.82) is 0 Å². The summed E-state index contributed by atoms with van der Waals surface area (Å²) in [7, 11) is 0. The van der Waals surface area contributed by atoms with Crippen LogP contribution in [0.1, 0.15) is 10.5 Å². The molecule has 0 saturated carbocycles. The quantitative estimate of drug-likeness (QED) is 0.872. The molecule has 0 aliphatic heterocycles. The highest BCUT2D eigenvalue weighted by Crippen LogP contribution is 2.22. The molecular formula is C12H8INO3. The van der Waals surface area contributed by atoms with Crippen molar-refractivity contribution >= 4 is 28.6 Å². The van der Waals surface area contributed by atoms with Crippen molar-refractivity contribution in [3.63, 3.8) is 0 Å². The van der Waals surface area contributed by atoms with Gasteiger partial charge in [-0.2, -0.15) is 0 Å². The van der Waals surface area contributed by atoms with Crippen LogP contribution in [0.25, 0.3) is 0 Å². The first-order chi connectivity index (χ1) is 8.15. The number of benzene rings is 1. The topological polar surface area (TPSA) is 59.4 Å². The second-order valence-electron chi connectivity index (χ2n) is 3.24. The molecular weight excluding hydrogens is 333 g/mol. The maximum atomic E-state index is 10.7. The minimum Gasteiger partial charge on any atom is -0.477 e. The zero-order chi connectivity index (χ0) is 12.3. The lowest BCUT2D eigenvalue weighted by atomic mass is 10.3. The van der Waals surface area contributed by atoms with Gasteiger partial charge in [0.05, 0.1) is 0 Å². The fraction of sp³-hybridized carbons (Fsp3) is 0. The van der Waals surface area contributed by atoms with Crippen LogP contribution >= 0.6 is 22.6 Å². The minimum atomic E-state index is -1.07. The summed E-state index contributed by atoms with van der Waals surface area (Å²) in [4.78, 5) is 14.5. The summed E-state index contributed by atoms with van der Waals surface area (Å²) in [5.74, 6) is 0.0527. The summed E-state index contributed by atoms with van der Waals surface area (Å²) in [5, 5.41) is 8.80. The average Bonchev–Trinajstić information content (AvgIpc) is 2.29. The van der Waals surface area contributed by atoms with Crippen LogP contribution < -0.4 is 4.74 Å². The van der Waals surface area contributed by atoms with Gasteiger partial charge < -0.3 is 9.84 Å². The van der Waals surface area contributed by atoms with Crippen LogP contribution in [0.15, 0.2) is 42.6 Å². The van der Waals surface area contributed by atoms with Gasteiger partial charge in [-0.3, -0.25) is 0 Å². The summed E-state index contributed by atoms with van der Waals surface area (Å²) in [5.41, 5.74) is -0.0341. The average molecular weight is 341 g/mol. The lowest BCUT2D eigenvalue weighted by Gasteiger charge is -2.06. The summed E-state index contributed by atoms with van der Waals surface area (Å²) in [6.45, 7) is 0. The third kappa shape index (κ3) is 3.16. The molecule has 2 rings (SSSR count). The molecule has 1 aromatic carbocycles. The molecule has 0 unspecified atom stereocenters. The highest BCUT2D eigenvalue weighted by Gasteiger charge is 2.06. The fourth-order valence-corrected chi connectivity index (χ4v) is 1.77. The molecule has 1 aromatic heterocycles. The van der Waals surface area contributed by atoms with Gasteiger partial charge in [0, 0.05) is 15.8 Å². The van der Waals surface area contributed by atoms with E-state index in [1.807, 2.05) is 24.3 Å². The highest BCUT2D eigenvalue weighted by atomic mass is 127. The Morgan fingerprint density at radius 2 is 2.00 bits per heavy atom. The first kappa shape index (κ1) is 11.8. The SMILES string of the molecule is O=C(O)c1cc(Oc2cccc(I)c2)ccn1. The number of ether oxygens (including phenoxy) is 1. The predicted molar refractivity (Wildman–Crippen MR) is 70.4 cm³/mol. The van der Waals surface area contributed by atoms with Crippen molar-refractivity contribution in [2.24, 2.45) is 0 Å². The Morgan fingerprint density at radius 3 is 2.71 bits per heavy atom. The molecule has 17 heavy (non-hydrogen) atoms. The molecule has 86 valence electrons. The minimum absolute atomic E-state index is 0.0341. The third-order valence-corrected chi connectivity index (χ3v) is 2.65. The van der Waals surface area contributed by atoms with E-state index in [1.165, 1.54) is 12.3 Å². The van der Waals surface area contributed by atoms with Gasteiger partial charge >= 0.3 is 5.97 Å². The lowest BCUT2D eigenvalue weighted by Crippen LogP contribution is -1.99. The molecule has 1 N–H and O–H groups in total. The van der Waals surface area contributed by atoms with Crippen molar-refractivity contribution < 1.29 is 14.6 Å². The van der Waals surface area contributed by atoms with Crippen LogP contribution in [0.2, 0.25) is 0 Å². The van der Waals surface area contributed by atoms with Crippen molar-refractivity contribution in [2.75, 3.05) is 0 Å². The molecule has 0 saturated heterocycles. The number of hydrogen-bond acceptors (Lipinski definition) is 3. The van der Waals surface area contributed by atoms with E-state index >= 15 is 0 Å². The number of carbonyl (C=O) groups is 1. The van der Waals surface area contributed by atoms with Gasteiger partial charge in [0.15, 0.2) is 5.69 Å². The molecule has 0 amide bonds. The van der Waals surface area contributed by atoms with Gasteiger partial charge in [0.25, 0.3) is 0 Å². The molecule has 0 bridgehead atoms. The monoisotopic (exact) mass is 341 g/mol. The molecule has 0 spiro atoms. The number of rotatable bonds is 3. The van der Waals surface area contributed by atoms with E-state index in [0.717, 1.165) is 3.57 Å². The zero-order valence-corrected chi connectivity index (χ0v) is 10.8. The lowest BCUT2D eigenvalue weighted by molar-refractivity contribution is 0.0690. The Labute approximate surface area is 111 Å². The van der Waals surface area contributed by atoms with Crippen molar-refractivity contribution in [3.8, 4) is 11.5 Å². The van der Waals surface area contributed by atoms with Crippen LogP contribution in [-0.2, 0) is 0 Å². The fourth-order valence-electron chi connectivity index (χ4n) is 1.26. The maximum Gasteiger partial charge on any atom is 0.354 e. The predicted octanol–water partition coefficient (Wildman–Crippen LogP) is 3.18. The van der Waals surface area contributed by atoms with Gasteiger partial charge in [-0.1, -0.05) is 6.07 Å². The van der Waals surface area contributed by atoms with E-state index in [1.54, 1.807) is 6.07 Å². The summed E-state index contributed by atoms with van der Waals surface area (Å²) >= 11 is 2.18. The number of aromatic carboxylic acids is 1. The molecule has 0 radical (unpaired) electrons. The van der Waals surface area contributed by atoms with Crippen molar-refractivity contribution in [3.05, 3.63) is 51.9 Å². The number of pyridine rings is 1. The maximum absolute atomic E-state index is 10.7. The Kier molecular flexibility index (Phi) is 3.58. The van der Waals surface area contributed by atoms with Gasteiger partial charge in [-0.15, -0.1) is 0 Å². The number of aromatic nitrogens is 1. The summed E-state index contributed by atoms with van der Waals surface area (Å²) in [6.07, 6.45) is 1.41. The molecule has 0 atom stereocenters. The first-order valence-corrected chi connectivity index (χ1v) is 5.86. The number of halogens is 1. The highest BCUT2D eigenvalue weighted by molar-refractivity contribution is 14.1. The Balaban J connectivity index is 2.24. The van der Waals surface area contributed by atoms with E-state index in [-0.39, 0.29) is 5.69 Å².